The Kier molecular flexibility index (Phi) is 11.5. The lowest BCUT2D eigenvalue weighted by atomic mass is 10.1. The number of aromatic hydroxyl groups is 5. The van der Waals surface area contributed by atoms with Crippen LogP contribution in [0.3, 0.4) is 0 Å². The number of carbonyl (C=O) groups is 2. The number of hydrogen-bond donors (Lipinski definition) is 5. The first-order valence-corrected chi connectivity index (χ1v) is 11.9. The molecular weight excluding hydrogens is 456 g/mol. The first-order chi connectivity index (χ1) is 16.8. The first-order valence-electron chi connectivity index (χ1n) is 11.9. The minimum atomic E-state index is -0.670. The molecule has 0 fully saturated rings. The van der Waals surface area contributed by atoms with Gasteiger partial charge in [-0.2, -0.15) is 0 Å². The number of carbonyl (C=O) groups excluding carboxylic acids is 2. The van der Waals surface area contributed by atoms with Gasteiger partial charge in [0, 0.05) is 0 Å². The Morgan fingerprint density at radius 3 is 1.37 bits per heavy atom. The molecule has 2 aromatic rings. The minimum absolute atomic E-state index is 0.0198. The summed E-state index contributed by atoms with van der Waals surface area (Å²) < 4.78 is 10.3. The predicted molar refractivity (Wildman–Crippen MR) is 128 cm³/mol. The molecule has 0 aliphatic heterocycles. The molecule has 0 heterocycles. The van der Waals surface area contributed by atoms with Gasteiger partial charge in [0.1, 0.15) is 0 Å². The van der Waals surface area contributed by atoms with Crippen molar-refractivity contribution in [3.05, 3.63) is 41.5 Å². The van der Waals surface area contributed by atoms with Crippen molar-refractivity contribution in [2.75, 3.05) is 13.2 Å². The molecule has 2 aromatic carbocycles. The van der Waals surface area contributed by atoms with Crippen LogP contribution in [0, 0.1) is 0 Å². The van der Waals surface area contributed by atoms with Crippen molar-refractivity contribution >= 4 is 11.9 Å². The number of phenolic OH excluding ortho intramolecular Hbond substituents is 5. The van der Waals surface area contributed by atoms with Crippen molar-refractivity contribution in [1.29, 1.82) is 0 Å². The molecule has 0 spiro atoms. The maximum atomic E-state index is 11.9. The van der Waals surface area contributed by atoms with Crippen LogP contribution in [-0.2, 0) is 9.47 Å². The lowest BCUT2D eigenvalue weighted by Crippen LogP contribution is -2.06. The molecule has 0 radical (unpaired) electrons. The maximum absolute atomic E-state index is 11.9. The number of hydrogen-bond acceptors (Lipinski definition) is 9. The number of unbranched alkanes of at least 4 members (excludes halogenated alkanes) is 9. The van der Waals surface area contributed by atoms with E-state index >= 15 is 0 Å². The summed E-state index contributed by atoms with van der Waals surface area (Å²) in [5.74, 6) is -3.63. The zero-order valence-corrected chi connectivity index (χ0v) is 19.7. The van der Waals surface area contributed by atoms with E-state index in [9.17, 15) is 35.1 Å². The number of esters is 2. The monoisotopic (exact) mass is 490 g/mol. The van der Waals surface area contributed by atoms with Crippen molar-refractivity contribution in [3.63, 3.8) is 0 Å². The Labute approximate surface area is 204 Å². The van der Waals surface area contributed by atoms with E-state index in [1.54, 1.807) is 0 Å². The van der Waals surface area contributed by atoms with Crippen LogP contribution < -0.4 is 0 Å². The van der Waals surface area contributed by atoms with Gasteiger partial charge in [0.2, 0.25) is 0 Å². The topological polar surface area (TPSA) is 154 Å². The van der Waals surface area contributed by atoms with Crippen molar-refractivity contribution < 1.29 is 44.6 Å². The van der Waals surface area contributed by atoms with Gasteiger partial charge in [-0.05, 0) is 43.2 Å². The number of ether oxygens (including phenoxy) is 2. The summed E-state index contributed by atoms with van der Waals surface area (Å²) in [5, 5.41) is 46.9. The van der Waals surface area contributed by atoms with Gasteiger partial charge in [-0.25, -0.2) is 9.59 Å². The van der Waals surface area contributed by atoms with Gasteiger partial charge < -0.3 is 35.0 Å². The average Bonchev–Trinajstić information content (AvgIpc) is 2.83. The maximum Gasteiger partial charge on any atom is 0.338 e. The Balaban J connectivity index is 1.40. The van der Waals surface area contributed by atoms with Gasteiger partial charge in [0.15, 0.2) is 28.7 Å². The number of rotatable bonds is 15. The van der Waals surface area contributed by atoms with Crippen molar-refractivity contribution in [3.8, 4) is 28.7 Å². The van der Waals surface area contributed by atoms with Crippen molar-refractivity contribution in [2.24, 2.45) is 0 Å². The second-order valence-corrected chi connectivity index (χ2v) is 8.37. The zero-order chi connectivity index (χ0) is 25.6. The minimum Gasteiger partial charge on any atom is -0.504 e. The molecule has 0 saturated carbocycles. The summed E-state index contributed by atoms with van der Waals surface area (Å²) >= 11 is 0. The van der Waals surface area contributed by atoms with Gasteiger partial charge in [0.05, 0.1) is 24.3 Å². The summed E-state index contributed by atoms with van der Waals surface area (Å²) in [5.41, 5.74) is 0.185. The standard InChI is InChI=1S/C26H34O9/c27-20-12-11-18(15-21(20)28)25(32)34-13-9-7-5-3-1-2-4-6-8-10-14-35-26(33)19-16-22(29)24(31)23(30)17-19/h11-12,15-17,27-31H,1-10,13-14H2. The highest BCUT2D eigenvalue weighted by atomic mass is 16.5. The van der Waals surface area contributed by atoms with E-state index in [0.29, 0.717) is 6.61 Å². The molecule has 0 aliphatic rings. The summed E-state index contributed by atoms with van der Waals surface area (Å²) in [7, 11) is 0. The lowest BCUT2D eigenvalue weighted by Gasteiger charge is -2.07. The van der Waals surface area contributed by atoms with E-state index in [2.05, 4.69) is 0 Å². The smallest absolute Gasteiger partial charge is 0.338 e. The summed E-state index contributed by atoms with van der Waals surface area (Å²) in [6.07, 6.45) is 9.99. The summed E-state index contributed by atoms with van der Waals surface area (Å²) in [6, 6.07) is 5.93. The Morgan fingerprint density at radius 2 is 0.914 bits per heavy atom. The van der Waals surface area contributed by atoms with Gasteiger partial charge in [-0.3, -0.25) is 0 Å². The molecule has 9 nitrogen and oxygen atoms in total. The van der Waals surface area contributed by atoms with E-state index in [4.69, 9.17) is 9.47 Å². The Bertz CT molecular complexity index is 948. The van der Waals surface area contributed by atoms with Gasteiger partial charge in [-0.1, -0.05) is 51.4 Å². The number of benzene rings is 2. The van der Waals surface area contributed by atoms with E-state index in [-0.39, 0.29) is 29.2 Å². The van der Waals surface area contributed by atoms with E-state index < -0.39 is 29.2 Å². The number of phenols is 5. The van der Waals surface area contributed by atoms with Gasteiger partial charge in [-0.15, -0.1) is 0 Å². The normalized spacial score (nSPS) is 10.7. The van der Waals surface area contributed by atoms with Gasteiger partial charge >= 0.3 is 11.9 Å². The third-order valence-electron chi connectivity index (χ3n) is 5.52. The molecule has 5 N–H and O–H groups in total. The molecule has 0 aliphatic carbocycles. The molecule has 0 bridgehead atoms. The molecule has 0 aromatic heterocycles. The largest absolute Gasteiger partial charge is 0.504 e. The second kappa shape index (κ2) is 14.6. The zero-order valence-electron chi connectivity index (χ0n) is 19.7. The third kappa shape index (κ3) is 9.64. The Morgan fingerprint density at radius 1 is 0.514 bits per heavy atom. The molecule has 192 valence electrons. The summed E-state index contributed by atoms with van der Waals surface area (Å²) in [6.45, 7) is 0.569. The van der Waals surface area contributed by atoms with Crippen LogP contribution in [0.25, 0.3) is 0 Å². The molecular formula is C26H34O9. The molecule has 0 unspecified atom stereocenters. The average molecular weight is 491 g/mol. The quantitative estimate of drug-likeness (QED) is 0.130. The highest BCUT2D eigenvalue weighted by Gasteiger charge is 2.14. The van der Waals surface area contributed by atoms with Crippen LogP contribution in [0.5, 0.6) is 28.7 Å². The second-order valence-electron chi connectivity index (χ2n) is 8.37. The Hall–Kier alpha value is -3.62. The summed E-state index contributed by atoms with van der Waals surface area (Å²) in [4.78, 5) is 23.8. The fourth-order valence-electron chi connectivity index (χ4n) is 3.49. The molecule has 35 heavy (non-hydrogen) atoms. The predicted octanol–water partition coefficient (Wildman–Crippen LogP) is 5.13. The van der Waals surface area contributed by atoms with E-state index in [1.165, 1.54) is 18.2 Å². The van der Waals surface area contributed by atoms with E-state index in [0.717, 1.165) is 76.3 Å². The van der Waals surface area contributed by atoms with Gasteiger partial charge in [0.25, 0.3) is 0 Å². The molecule has 0 amide bonds. The van der Waals surface area contributed by atoms with Crippen LogP contribution in [0.15, 0.2) is 30.3 Å². The fraction of sp³-hybridized carbons (Fsp3) is 0.462. The molecule has 9 heteroatoms. The lowest BCUT2D eigenvalue weighted by molar-refractivity contribution is 0.0487. The van der Waals surface area contributed by atoms with Crippen LogP contribution in [0.4, 0.5) is 0 Å². The van der Waals surface area contributed by atoms with Crippen molar-refractivity contribution in [1.82, 2.24) is 0 Å². The van der Waals surface area contributed by atoms with Crippen LogP contribution in [0.2, 0.25) is 0 Å². The molecule has 0 saturated heterocycles. The fourth-order valence-corrected chi connectivity index (χ4v) is 3.49. The molecule has 2 rings (SSSR count). The van der Waals surface area contributed by atoms with Crippen molar-refractivity contribution in [2.45, 2.75) is 64.2 Å². The van der Waals surface area contributed by atoms with Crippen LogP contribution in [0.1, 0.15) is 84.9 Å². The van der Waals surface area contributed by atoms with Crippen LogP contribution in [-0.4, -0.2) is 50.7 Å². The highest BCUT2D eigenvalue weighted by Crippen LogP contribution is 2.35. The SMILES string of the molecule is O=C(OCCCCCCCCCCCCOC(=O)c1cc(O)c(O)c(O)c1)c1ccc(O)c(O)c1. The highest BCUT2D eigenvalue weighted by molar-refractivity contribution is 5.91. The first kappa shape index (κ1) is 27.6. The molecule has 0 atom stereocenters. The van der Waals surface area contributed by atoms with Crippen LogP contribution >= 0.6 is 0 Å². The third-order valence-corrected chi connectivity index (χ3v) is 5.52. The van der Waals surface area contributed by atoms with E-state index in [1.807, 2.05) is 0 Å².